The highest BCUT2D eigenvalue weighted by molar-refractivity contribution is 5.73. The van der Waals surface area contributed by atoms with E-state index in [1.807, 2.05) is 19.1 Å². The number of esters is 1. The van der Waals surface area contributed by atoms with Crippen LogP contribution in [0.3, 0.4) is 0 Å². The van der Waals surface area contributed by atoms with Crippen molar-refractivity contribution in [1.82, 2.24) is 0 Å². The van der Waals surface area contributed by atoms with E-state index in [2.05, 4.69) is 0 Å². The van der Waals surface area contributed by atoms with Crippen molar-refractivity contribution in [3.63, 3.8) is 0 Å². The molecule has 0 aromatic heterocycles. The number of carbonyl (C=O) groups excluding carboxylic acids is 1. The summed E-state index contributed by atoms with van der Waals surface area (Å²) in [4.78, 5) is 12.1. The topological polar surface area (TPSA) is 76.0 Å². The summed E-state index contributed by atoms with van der Waals surface area (Å²) in [5.41, 5.74) is 3.54. The molecule has 5 nitrogen and oxygen atoms in total. The number of phenols is 1. The third-order valence-electron chi connectivity index (χ3n) is 7.20. The van der Waals surface area contributed by atoms with Gasteiger partial charge in [-0.3, -0.25) is 4.79 Å². The molecule has 0 bridgehead atoms. The maximum absolute atomic E-state index is 14.3. The molecule has 6 heteroatoms. The van der Waals surface area contributed by atoms with Crippen molar-refractivity contribution in [2.24, 2.45) is 11.8 Å². The number of aliphatic hydroxyl groups excluding tert-OH is 1. The molecule has 2 N–H and O–H groups in total. The molecule has 36 heavy (non-hydrogen) atoms. The Morgan fingerprint density at radius 3 is 2.33 bits per heavy atom. The van der Waals surface area contributed by atoms with Gasteiger partial charge in [-0.05, 0) is 84.0 Å². The Morgan fingerprint density at radius 2 is 1.72 bits per heavy atom. The predicted molar refractivity (Wildman–Crippen MR) is 136 cm³/mol. The van der Waals surface area contributed by atoms with Crippen LogP contribution in [0.1, 0.15) is 54.9 Å². The minimum Gasteiger partial charge on any atom is -0.508 e. The molecule has 3 aromatic rings. The summed E-state index contributed by atoms with van der Waals surface area (Å²) < 4.78 is 24.4. The van der Waals surface area contributed by atoms with Gasteiger partial charge in [-0.1, -0.05) is 43.3 Å². The van der Waals surface area contributed by atoms with Gasteiger partial charge in [0, 0.05) is 5.56 Å². The summed E-state index contributed by atoms with van der Waals surface area (Å²) in [7, 11) is 2.94. The number of aliphatic hydroxyl groups is 1. The summed E-state index contributed by atoms with van der Waals surface area (Å²) >= 11 is 0. The molecule has 190 valence electrons. The first-order valence-corrected chi connectivity index (χ1v) is 12.3. The lowest BCUT2D eigenvalue weighted by atomic mass is 9.82. The summed E-state index contributed by atoms with van der Waals surface area (Å²) in [5.74, 6) is 0.348. The van der Waals surface area contributed by atoms with Gasteiger partial charge in [0.15, 0.2) is 0 Å². The molecule has 1 fully saturated rings. The zero-order valence-corrected chi connectivity index (χ0v) is 20.9. The maximum atomic E-state index is 14.3. The van der Waals surface area contributed by atoms with E-state index in [4.69, 9.17) is 9.47 Å². The standard InChI is InChI=1S/C30H33FO5/c1-18(30(34)36-3)29(22-9-10-22)23-11-8-21(28(33)16-23)12-15-27(32)20-6-4-19(5-7-20)25-17-24(35-2)13-14-26(25)31/h4-8,11,13-14,16-18,22,27,29,32-33H,9-10,12,15H2,1-3H3/t18?,27-,29?/m1/s1. The average molecular weight is 493 g/mol. The second-order valence-electron chi connectivity index (χ2n) is 9.59. The van der Waals surface area contributed by atoms with Crippen LogP contribution in [0.5, 0.6) is 11.5 Å². The SMILES string of the molecule is COC(=O)C(C)C(c1ccc(CC[C@@H](O)c2ccc(-c3cc(OC)ccc3F)cc2)c(O)c1)C1CC1. The van der Waals surface area contributed by atoms with E-state index < -0.39 is 6.10 Å². The number of hydrogen-bond acceptors (Lipinski definition) is 5. The maximum Gasteiger partial charge on any atom is 0.309 e. The van der Waals surface area contributed by atoms with Gasteiger partial charge in [0.1, 0.15) is 17.3 Å². The third-order valence-corrected chi connectivity index (χ3v) is 7.20. The Labute approximate surface area is 211 Å². The number of halogens is 1. The van der Waals surface area contributed by atoms with E-state index in [0.29, 0.717) is 35.6 Å². The van der Waals surface area contributed by atoms with Crippen LogP contribution in [0, 0.1) is 17.7 Å². The Hall–Kier alpha value is -3.38. The fourth-order valence-corrected chi connectivity index (χ4v) is 4.95. The Morgan fingerprint density at radius 1 is 1.03 bits per heavy atom. The molecule has 0 saturated heterocycles. The van der Waals surface area contributed by atoms with Crippen molar-refractivity contribution in [3.8, 4) is 22.6 Å². The van der Waals surface area contributed by atoms with Crippen molar-refractivity contribution in [1.29, 1.82) is 0 Å². The lowest BCUT2D eigenvalue weighted by Gasteiger charge is -2.23. The van der Waals surface area contributed by atoms with Crippen molar-refractivity contribution in [3.05, 3.63) is 83.2 Å². The number of rotatable bonds is 10. The summed E-state index contributed by atoms with van der Waals surface area (Å²) in [6.07, 6.45) is 2.32. The van der Waals surface area contributed by atoms with E-state index in [1.165, 1.54) is 20.3 Å². The first kappa shape index (κ1) is 25.7. The molecule has 0 radical (unpaired) electrons. The third kappa shape index (κ3) is 5.71. The molecule has 1 saturated carbocycles. The summed E-state index contributed by atoms with van der Waals surface area (Å²) in [6.45, 7) is 1.88. The Balaban J connectivity index is 1.42. The highest BCUT2D eigenvalue weighted by atomic mass is 19.1. The van der Waals surface area contributed by atoms with E-state index in [-0.39, 0.29) is 29.4 Å². The van der Waals surface area contributed by atoms with Crippen LogP contribution in [0.4, 0.5) is 4.39 Å². The molecule has 2 unspecified atom stereocenters. The van der Waals surface area contributed by atoms with Crippen LogP contribution in [0.2, 0.25) is 0 Å². The van der Waals surface area contributed by atoms with E-state index in [0.717, 1.165) is 29.5 Å². The molecule has 0 spiro atoms. The number of methoxy groups -OCH3 is 2. The minimum absolute atomic E-state index is 0.0240. The van der Waals surface area contributed by atoms with Gasteiger partial charge in [-0.15, -0.1) is 0 Å². The molecular formula is C30H33FO5. The second-order valence-corrected chi connectivity index (χ2v) is 9.59. The van der Waals surface area contributed by atoms with Crippen molar-refractivity contribution >= 4 is 5.97 Å². The van der Waals surface area contributed by atoms with Crippen LogP contribution >= 0.6 is 0 Å². The van der Waals surface area contributed by atoms with Crippen molar-refractivity contribution < 1.29 is 28.9 Å². The molecule has 3 atom stereocenters. The fraction of sp³-hybridized carbons (Fsp3) is 0.367. The van der Waals surface area contributed by atoms with Gasteiger partial charge >= 0.3 is 5.97 Å². The number of benzene rings is 3. The average Bonchev–Trinajstić information content (AvgIpc) is 3.73. The van der Waals surface area contributed by atoms with Gasteiger partial charge in [-0.2, -0.15) is 0 Å². The number of aromatic hydroxyl groups is 1. The predicted octanol–water partition coefficient (Wildman–Crippen LogP) is 6.18. The molecule has 1 aliphatic carbocycles. The van der Waals surface area contributed by atoms with E-state index in [1.54, 1.807) is 42.5 Å². The van der Waals surface area contributed by atoms with Crippen LogP contribution in [0.25, 0.3) is 11.1 Å². The highest BCUT2D eigenvalue weighted by Gasteiger charge is 2.39. The van der Waals surface area contributed by atoms with Gasteiger partial charge in [0.25, 0.3) is 0 Å². The van der Waals surface area contributed by atoms with Crippen molar-refractivity contribution in [2.45, 2.75) is 44.6 Å². The summed E-state index contributed by atoms with van der Waals surface area (Å²) in [6, 6.07) is 17.3. The second kappa shape index (κ2) is 11.1. The van der Waals surface area contributed by atoms with E-state index >= 15 is 0 Å². The molecule has 1 aliphatic rings. The lowest BCUT2D eigenvalue weighted by Crippen LogP contribution is -2.22. The number of aryl methyl sites for hydroxylation is 1. The van der Waals surface area contributed by atoms with Gasteiger partial charge in [0.2, 0.25) is 0 Å². The molecule has 0 aliphatic heterocycles. The highest BCUT2D eigenvalue weighted by Crippen LogP contribution is 2.47. The molecule has 4 rings (SSSR count). The zero-order chi connectivity index (χ0) is 25.8. The number of carbonyl (C=O) groups is 1. The smallest absolute Gasteiger partial charge is 0.309 e. The fourth-order valence-electron chi connectivity index (χ4n) is 4.95. The minimum atomic E-state index is -0.730. The van der Waals surface area contributed by atoms with Crippen molar-refractivity contribution in [2.75, 3.05) is 14.2 Å². The number of ether oxygens (including phenoxy) is 2. The Bertz CT molecular complexity index is 1200. The first-order valence-electron chi connectivity index (χ1n) is 12.3. The molecule has 0 amide bonds. The van der Waals surface area contributed by atoms with Crippen LogP contribution in [-0.2, 0) is 16.0 Å². The summed E-state index contributed by atoms with van der Waals surface area (Å²) in [5, 5.41) is 21.4. The monoisotopic (exact) mass is 492 g/mol. The normalized spacial score (nSPS) is 15.7. The zero-order valence-electron chi connectivity index (χ0n) is 20.9. The van der Waals surface area contributed by atoms with Gasteiger partial charge in [0.05, 0.1) is 26.2 Å². The molecule has 0 heterocycles. The number of hydrogen-bond donors (Lipinski definition) is 2. The molecule has 3 aromatic carbocycles. The largest absolute Gasteiger partial charge is 0.508 e. The first-order chi connectivity index (χ1) is 17.3. The lowest BCUT2D eigenvalue weighted by molar-refractivity contribution is -0.145. The van der Waals surface area contributed by atoms with Crippen LogP contribution < -0.4 is 4.74 Å². The molecular weight excluding hydrogens is 459 g/mol. The van der Waals surface area contributed by atoms with Crippen LogP contribution in [0.15, 0.2) is 60.7 Å². The number of phenolic OH excluding ortho intramolecular Hbond substituents is 1. The van der Waals surface area contributed by atoms with Crippen LogP contribution in [-0.4, -0.2) is 30.4 Å². The Kier molecular flexibility index (Phi) is 7.94. The van der Waals surface area contributed by atoms with E-state index in [9.17, 15) is 19.4 Å². The van der Waals surface area contributed by atoms with Gasteiger partial charge in [-0.25, -0.2) is 4.39 Å². The van der Waals surface area contributed by atoms with Gasteiger partial charge < -0.3 is 19.7 Å². The quantitative estimate of drug-likeness (QED) is 0.331.